The van der Waals surface area contributed by atoms with Gasteiger partial charge in [0.2, 0.25) is 5.88 Å². The van der Waals surface area contributed by atoms with Gasteiger partial charge in [-0.05, 0) is 19.5 Å². The quantitative estimate of drug-likeness (QED) is 0.698. The molecule has 1 aromatic rings. The minimum Gasteiger partial charge on any atom is -0.478 e. The number of hydrogen-bond acceptors (Lipinski definition) is 3. The maximum atomic E-state index is 5.56. The van der Waals surface area contributed by atoms with Crippen molar-refractivity contribution in [1.29, 1.82) is 0 Å². The van der Waals surface area contributed by atoms with E-state index in [1.807, 2.05) is 25.2 Å². The summed E-state index contributed by atoms with van der Waals surface area (Å²) in [6.45, 7) is 3.74. The van der Waals surface area contributed by atoms with Gasteiger partial charge in [-0.15, -0.1) is 0 Å². The SMILES string of the molecule is CCCCCOc1cccc(CNC)n1. The van der Waals surface area contributed by atoms with Gasteiger partial charge in [0.05, 0.1) is 12.3 Å². The van der Waals surface area contributed by atoms with Gasteiger partial charge in [0.1, 0.15) is 0 Å². The highest BCUT2D eigenvalue weighted by molar-refractivity contribution is 5.15. The van der Waals surface area contributed by atoms with E-state index >= 15 is 0 Å². The summed E-state index contributed by atoms with van der Waals surface area (Å²) in [6, 6.07) is 5.88. The summed E-state index contributed by atoms with van der Waals surface area (Å²) in [5, 5.41) is 3.07. The van der Waals surface area contributed by atoms with E-state index in [1.165, 1.54) is 12.8 Å². The molecule has 0 atom stereocenters. The maximum Gasteiger partial charge on any atom is 0.213 e. The fourth-order valence-corrected chi connectivity index (χ4v) is 1.35. The van der Waals surface area contributed by atoms with Crippen LogP contribution < -0.4 is 10.1 Å². The molecule has 1 aromatic heterocycles. The first-order valence-electron chi connectivity index (χ1n) is 5.60. The van der Waals surface area contributed by atoms with Crippen LogP contribution in [0, 0.1) is 0 Å². The van der Waals surface area contributed by atoms with Crippen LogP contribution in [0.4, 0.5) is 0 Å². The van der Waals surface area contributed by atoms with Crippen LogP contribution in [0.3, 0.4) is 0 Å². The fourth-order valence-electron chi connectivity index (χ4n) is 1.35. The van der Waals surface area contributed by atoms with Gasteiger partial charge in [0.25, 0.3) is 0 Å². The number of nitrogens with zero attached hydrogens (tertiary/aromatic N) is 1. The van der Waals surface area contributed by atoms with Crippen LogP contribution >= 0.6 is 0 Å². The number of unbranched alkanes of at least 4 members (excludes halogenated alkanes) is 2. The average Bonchev–Trinajstić information content (AvgIpc) is 2.26. The zero-order valence-electron chi connectivity index (χ0n) is 9.62. The van der Waals surface area contributed by atoms with E-state index in [0.717, 1.165) is 31.1 Å². The van der Waals surface area contributed by atoms with Gasteiger partial charge in [-0.1, -0.05) is 25.8 Å². The Morgan fingerprint density at radius 2 is 2.20 bits per heavy atom. The minimum absolute atomic E-state index is 0.735. The van der Waals surface area contributed by atoms with Gasteiger partial charge in [0, 0.05) is 12.6 Å². The van der Waals surface area contributed by atoms with Gasteiger partial charge in [0.15, 0.2) is 0 Å². The lowest BCUT2D eigenvalue weighted by atomic mass is 10.3. The Morgan fingerprint density at radius 3 is 2.93 bits per heavy atom. The van der Waals surface area contributed by atoms with Crippen LogP contribution in [0.5, 0.6) is 5.88 Å². The molecular weight excluding hydrogens is 188 g/mol. The number of pyridine rings is 1. The van der Waals surface area contributed by atoms with E-state index in [2.05, 4.69) is 17.2 Å². The van der Waals surface area contributed by atoms with E-state index in [0.29, 0.717) is 0 Å². The Labute approximate surface area is 91.9 Å². The molecule has 1 N–H and O–H groups in total. The Hall–Kier alpha value is -1.09. The summed E-state index contributed by atoms with van der Waals surface area (Å²) < 4.78 is 5.56. The molecule has 1 heterocycles. The Kier molecular flexibility index (Phi) is 5.78. The van der Waals surface area contributed by atoms with Crippen molar-refractivity contribution in [3.63, 3.8) is 0 Å². The fraction of sp³-hybridized carbons (Fsp3) is 0.583. The third-order valence-corrected chi connectivity index (χ3v) is 2.14. The molecule has 0 amide bonds. The molecule has 0 aliphatic carbocycles. The highest BCUT2D eigenvalue weighted by Crippen LogP contribution is 2.08. The third kappa shape index (κ3) is 4.79. The molecule has 0 spiro atoms. The van der Waals surface area contributed by atoms with Crippen molar-refractivity contribution in [3.05, 3.63) is 23.9 Å². The van der Waals surface area contributed by atoms with Crippen LogP contribution in [-0.2, 0) is 6.54 Å². The number of hydrogen-bond donors (Lipinski definition) is 1. The smallest absolute Gasteiger partial charge is 0.213 e. The first-order chi connectivity index (χ1) is 7.36. The lowest BCUT2D eigenvalue weighted by molar-refractivity contribution is 0.294. The number of rotatable bonds is 7. The molecule has 3 heteroatoms. The standard InChI is InChI=1S/C12H20N2O/c1-3-4-5-9-15-12-8-6-7-11(14-12)10-13-2/h6-8,13H,3-5,9-10H2,1-2H3. The molecule has 0 bridgehead atoms. The molecule has 0 aliphatic rings. The molecule has 0 aliphatic heterocycles. The monoisotopic (exact) mass is 208 g/mol. The minimum atomic E-state index is 0.735. The van der Waals surface area contributed by atoms with Crippen molar-refractivity contribution >= 4 is 0 Å². The Balaban J connectivity index is 2.36. The zero-order chi connectivity index (χ0) is 10.9. The zero-order valence-corrected chi connectivity index (χ0v) is 9.62. The van der Waals surface area contributed by atoms with E-state index in [9.17, 15) is 0 Å². The van der Waals surface area contributed by atoms with Gasteiger partial charge in [-0.3, -0.25) is 0 Å². The molecule has 0 fully saturated rings. The van der Waals surface area contributed by atoms with Crippen molar-refractivity contribution in [2.24, 2.45) is 0 Å². The molecule has 0 radical (unpaired) electrons. The van der Waals surface area contributed by atoms with E-state index in [-0.39, 0.29) is 0 Å². The second kappa shape index (κ2) is 7.23. The Bertz CT molecular complexity index is 276. The van der Waals surface area contributed by atoms with Crippen LogP contribution in [0.25, 0.3) is 0 Å². The lowest BCUT2D eigenvalue weighted by Crippen LogP contribution is -2.07. The first-order valence-corrected chi connectivity index (χ1v) is 5.60. The van der Waals surface area contributed by atoms with Gasteiger partial charge in [-0.2, -0.15) is 0 Å². The summed E-state index contributed by atoms with van der Waals surface area (Å²) in [6.07, 6.45) is 3.54. The molecule has 84 valence electrons. The number of nitrogens with one attached hydrogen (secondary N) is 1. The van der Waals surface area contributed by atoms with Crippen LogP contribution in [0.15, 0.2) is 18.2 Å². The summed E-state index contributed by atoms with van der Waals surface area (Å²) in [4.78, 5) is 4.38. The molecule has 1 rings (SSSR count). The van der Waals surface area contributed by atoms with Crippen molar-refractivity contribution in [3.8, 4) is 5.88 Å². The van der Waals surface area contributed by atoms with Gasteiger partial charge < -0.3 is 10.1 Å². The van der Waals surface area contributed by atoms with Crippen molar-refractivity contribution in [2.75, 3.05) is 13.7 Å². The van der Waals surface area contributed by atoms with E-state index in [1.54, 1.807) is 0 Å². The van der Waals surface area contributed by atoms with Crippen LogP contribution in [0.1, 0.15) is 31.9 Å². The number of ether oxygens (including phenoxy) is 1. The predicted molar refractivity (Wildman–Crippen MR) is 62.0 cm³/mol. The molecule has 0 saturated heterocycles. The molecule has 15 heavy (non-hydrogen) atoms. The van der Waals surface area contributed by atoms with E-state index < -0.39 is 0 Å². The third-order valence-electron chi connectivity index (χ3n) is 2.14. The largest absolute Gasteiger partial charge is 0.478 e. The summed E-state index contributed by atoms with van der Waals surface area (Å²) in [5.41, 5.74) is 1.02. The van der Waals surface area contributed by atoms with E-state index in [4.69, 9.17) is 4.74 Å². The first kappa shape index (κ1) is 12.0. The normalized spacial score (nSPS) is 10.3. The van der Waals surface area contributed by atoms with Crippen molar-refractivity contribution in [1.82, 2.24) is 10.3 Å². The predicted octanol–water partition coefficient (Wildman–Crippen LogP) is 2.37. The molecule has 3 nitrogen and oxygen atoms in total. The second-order valence-electron chi connectivity index (χ2n) is 3.55. The summed E-state index contributed by atoms with van der Waals surface area (Å²) in [7, 11) is 1.91. The van der Waals surface area contributed by atoms with Crippen molar-refractivity contribution in [2.45, 2.75) is 32.7 Å². The summed E-state index contributed by atoms with van der Waals surface area (Å²) >= 11 is 0. The lowest BCUT2D eigenvalue weighted by Gasteiger charge is -2.06. The topological polar surface area (TPSA) is 34.1 Å². The molecule has 0 unspecified atom stereocenters. The molecule has 0 saturated carbocycles. The molecular formula is C12H20N2O. The summed E-state index contributed by atoms with van der Waals surface area (Å²) in [5.74, 6) is 0.735. The van der Waals surface area contributed by atoms with Crippen molar-refractivity contribution < 1.29 is 4.74 Å². The Morgan fingerprint density at radius 1 is 1.33 bits per heavy atom. The number of aromatic nitrogens is 1. The maximum absolute atomic E-state index is 5.56. The average molecular weight is 208 g/mol. The van der Waals surface area contributed by atoms with Gasteiger partial charge >= 0.3 is 0 Å². The van der Waals surface area contributed by atoms with Crippen LogP contribution in [-0.4, -0.2) is 18.6 Å². The van der Waals surface area contributed by atoms with Crippen LogP contribution in [0.2, 0.25) is 0 Å². The van der Waals surface area contributed by atoms with Gasteiger partial charge in [-0.25, -0.2) is 4.98 Å². The highest BCUT2D eigenvalue weighted by Gasteiger charge is 1.97. The molecule has 0 aromatic carbocycles. The highest BCUT2D eigenvalue weighted by atomic mass is 16.5. The second-order valence-corrected chi connectivity index (χ2v) is 3.55.